The molecule has 6 heteroatoms. The molecule has 0 aromatic heterocycles. The molecule has 0 atom stereocenters. The maximum atomic E-state index is 13.3. The van der Waals surface area contributed by atoms with Crippen LogP contribution in [0.25, 0.3) is 0 Å². The third-order valence-electron chi connectivity index (χ3n) is 3.09. The zero-order chi connectivity index (χ0) is 15.6. The molecule has 0 fully saturated rings. The molecule has 0 amide bonds. The van der Waals surface area contributed by atoms with E-state index in [2.05, 4.69) is 0 Å². The van der Waals surface area contributed by atoms with Gasteiger partial charge in [-0.15, -0.1) is 0 Å². The molecule has 0 saturated carbocycles. The number of rotatable bonds is 4. The zero-order valence-electron chi connectivity index (χ0n) is 11.7. The highest BCUT2D eigenvalue weighted by molar-refractivity contribution is 7.92. The van der Waals surface area contributed by atoms with Crippen molar-refractivity contribution >= 4 is 15.7 Å². The molecular weight excluding hydrogens is 296 g/mol. The van der Waals surface area contributed by atoms with Crippen LogP contribution in [0, 0.1) is 18.6 Å². The maximum absolute atomic E-state index is 13.3. The minimum absolute atomic E-state index is 0.0944. The molecule has 2 rings (SSSR count). The average molecular weight is 311 g/mol. The Bertz CT molecular complexity index is 743. The molecular formula is C15H15F2NO2S. The molecule has 0 bridgehead atoms. The summed E-state index contributed by atoms with van der Waals surface area (Å²) in [5, 5.41) is 0. The van der Waals surface area contributed by atoms with Gasteiger partial charge < -0.3 is 0 Å². The van der Waals surface area contributed by atoms with Gasteiger partial charge in [0.2, 0.25) is 0 Å². The van der Waals surface area contributed by atoms with Crippen molar-refractivity contribution in [1.82, 2.24) is 0 Å². The third-order valence-corrected chi connectivity index (χ3v) is 5.00. The molecule has 0 N–H and O–H groups in total. The fourth-order valence-corrected chi connectivity index (χ4v) is 3.43. The van der Waals surface area contributed by atoms with Crippen molar-refractivity contribution in [2.75, 3.05) is 10.8 Å². The number of hydrogen-bond acceptors (Lipinski definition) is 2. The molecule has 0 spiro atoms. The molecule has 0 unspecified atom stereocenters. The number of halogens is 2. The molecule has 2 aromatic rings. The summed E-state index contributed by atoms with van der Waals surface area (Å²) in [6.07, 6.45) is 0. The second-order valence-electron chi connectivity index (χ2n) is 4.58. The van der Waals surface area contributed by atoms with Crippen LogP contribution in [-0.2, 0) is 10.0 Å². The standard InChI is InChI=1S/C15H15F2NO2S/c1-3-18(12-6-9-14(16)15(17)10-12)21(19,20)13-7-4-11(2)5-8-13/h4-10H,3H2,1-2H3. The Labute approximate surface area is 122 Å². The fourth-order valence-electron chi connectivity index (χ4n) is 1.97. The summed E-state index contributed by atoms with van der Waals surface area (Å²) in [6.45, 7) is 3.59. The largest absolute Gasteiger partial charge is 0.267 e. The summed E-state index contributed by atoms with van der Waals surface area (Å²) in [7, 11) is -3.81. The molecule has 0 aliphatic heterocycles. The van der Waals surface area contributed by atoms with Crippen molar-refractivity contribution < 1.29 is 17.2 Å². The second kappa shape index (κ2) is 5.81. The van der Waals surface area contributed by atoms with Crippen LogP contribution in [-0.4, -0.2) is 15.0 Å². The van der Waals surface area contributed by atoms with Gasteiger partial charge in [-0.1, -0.05) is 17.7 Å². The average Bonchev–Trinajstić information content (AvgIpc) is 2.44. The predicted molar refractivity (Wildman–Crippen MR) is 77.7 cm³/mol. The molecule has 0 aliphatic rings. The smallest absolute Gasteiger partial charge is 0.264 e. The maximum Gasteiger partial charge on any atom is 0.264 e. The molecule has 0 aliphatic carbocycles. The van der Waals surface area contributed by atoms with Crippen molar-refractivity contribution in [2.45, 2.75) is 18.7 Å². The summed E-state index contributed by atoms with van der Waals surface area (Å²) in [5.41, 5.74) is 1.03. The van der Waals surface area contributed by atoms with Crippen molar-refractivity contribution in [3.63, 3.8) is 0 Å². The lowest BCUT2D eigenvalue weighted by Gasteiger charge is -2.23. The van der Waals surface area contributed by atoms with E-state index in [9.17, 15) is 17.2 Å². The fraction of sp³-hybridized carbons (Fsp3) is 0.200. The van der Waals surface area contributed by atoms with Gasteiger partial charge >= 0.3 is 0 Å². The van der Waals surface area contributed by atoms with Crippen LogP contribution in [0.5, 0.6) is 0 Å². The Morgan fingerprint density at radius 2 is 1.62 bits per heavy atom. The lowest BCUT2D eigenvalue weighted by Crippen LogP contribution is -2.30. The number of nitrogens with zero attached hydrogens (tertiary/aromatic N) is 1. The Hall–Kier alpha value is -1.95. The second-order valence-corrected chi connectivity index (χ2v) is 6.44. The van der Waals surface area contributed by atoms with Crippen LogP contribution < -0.4 is 4.31 Å². The van der Waals surface area contributed by atoms with Crippen LogP contribution >= 0.6 is 0 Å². The number of hydrogen-bond donors (Lipinski definition) is 0. The normalized spacial score (nSPS) is 11.4. The first-order chi connectivity index (χ1) is 9.86. The minimum atomic E-state index is -3.81. The monoisotopic (exact) mass is 311 g/mol. The molecule has 21 heavy (non-hydrogen) atoms. The van der Waals surface area contributed by atoms with Crippen LogP contribution in [0.4, 0.5) is 14.5 Å². The van der Waals surface area contributed by atoms with Crippen LogP contribution in [0.3, 0.4) is 0 Å². The quantitative estimate of drug-likeness (QED) is 0.867. The summed E-state index contributed by atoms with van der Waals surface area (Å²) in [6, 6.07) is 9.40. The highest BCUT2D eigenvalue weighted by Crippen LogP contribution is 2.25. The highest BCUT2D eigenvalue weighted by atomic mass is 32.2. The predicted octanol–water partition coefficient (Wildman–Crippen LogP) is 3.49. The Kier molecular flexibility index (Phi) is 4.27. The number of anilines is 1. The third kappa shape index (κ3) is 3.05. The first kappa shape index (κ1) is 15.4. The minimum Gasteiger partial charge on any atom is -0.267 e. The zero-order valence-corrected chi connectivity index (χ0v) is 12.5. The highest BCUT2D eigenvalue weighted by Gasteiger charge is 2.24. The van der Waals surface area contributed by atoms with E-state index in [-0.39, 0.29) is 17.1 Å². The first-order valence-electron chi connectivity index (χ1n) is 6.40. The van der Waals surface area contributed by atoms with Crippen LogP contribution in [0.2, 0.25) is 0 Å². The molecule has 112 valence electrons. The van der Waals surface area contributed by atoms with Crippen LogP contribution in [0.15, 0.2) is 47.4 Å². The number of benzene rings is 2. The SMILES string of the molecule is CCN(c1ccc(F)c(F)c1)S(=O)(=O)c1ccc(C)cc1. The van der Waals surface area contributed by atoms with Gasteiger partial charge in [-0.25, -0.2) is 17.2 Å². The summed E-state index contributed by atoms with van der Waals surface area (Å²) >= 11 is 0. The molecule has 0 heterocycles. The van der Waals surface area contributed by atoms with Crippen molar-refractivity contribution in [2.24, 2.45) is 0 Å². The van der Waals surface area contributed by atoms with Gasteiger partial charge in [-0.2, -0.15) is 0 Å². The van der Waals surface area contributed by atoms with Crippen molar-refractivity contribution in [3.05, 3.63) is 59.7 Å². The Morgan fingerprint density at radius 3 is 2.14 bits per heavy atom. The van der Waals surface area contributed by atoms with Gasteiger partial charge in [-0.05, 0) is 38.1 Å². The van der Waals surface area contributed by atoms with E-state index in [1.54, 1.807) is 19.1 Å². The Balaban J connectivity index is 2.48. The molecule has 0 saturated heterocycles. The van der Waals surface area contributed by atoms with Crippen LogP contribution in [0.1, 0.15) is 12.5 Å². The lowest BCUT2D eigenvalue weighted by atomic mass is 10.2. The van der Waals surface area contributed by atoms with E-state index in [1.807, 2.05) is 6.92 Å². The van der Waals surface area contributed by atoms with Gasteiger partial charge in [0, 0.05) is 12.6 Å². The number of sulfonamides is 1. The van der Waals surface area contributed by atoms with E-state index >= 15 is 0 Å². The molecule has 2 aromatic carbocycles. The summed E-state index contributed by atoms with van der Waals surface area (Å²) < 4.78 is 52.5. The lowest BCUT2D eigenvalue weighted by molar-refractivity contribution is 0.508. The Morgan fingerprint density at radius 1 is 1.00 bits per heavy atom. The van der Waals surface area contributed by atoms with Gasteiger partial charge in [0.1, 0.15) is 0 Å². The van der Waals surface area contributed by atoms with Gasteiger partial charge in [-0.3, -0.25) is 4.31 Å². The molecule has 0 radical (unpaired) electrons. The van der Waals surface area contributed by atoms with Gasteiger partial charge in [0.25, 0.3) is 10.0 Å². The van der Waals surface area contributed by atoms with Gasteiger partial charge in [0.05, 0.1) is 10.6 Å². The van der Waals surface area contributed by atoms with Gasteiger partial charge in [0.15, 0.2) is 11.6 Å². The van der Waals surface area contributed by atoms with Crippen molar-refractivity contribution in [3.8, 4) is 0 Å². The first-order valence-corrected chi connectivity index (χ1v) is 7.84. The topological polar surface area (TPSA) is 37.4 Å². The molecule has 3 nitrogen and oxygen atoms in total. The summed E-state index contributed by atoms with van der Waals surface area (Å²) in [4.78, 5) is 0.111. The van der Waals surface area contributed by atoms with E-state index in [0.29, 0.717) is 0 Å². The van der Waals surface area contributed by atoms with Crippen molar-refractivity contribution in [1.29, 1.82) is 0 Å². The summed E-state index contributed by atoms with van der Waals surface area (Å²) in [5.74, 6) is -2.09. The van der Waals surface area contributed by atoms with E-state index in [4.69, 9.17) is 0 Å². The van der Waals surface area contributed by atoms with E-state index < -0.39 is 21.7 Å². The van der Waals surface area contributed by atoms with E-state index in [1.165, 1.54) is 18.2 Å². The number of aryl methyl sites for hydroxylation is 1. The van der Waals surface area contributed by atoms with E-state index in [0.717, 1.165) is 22.0 Å².